The quantitative estimate of drug-likeness (QED) is 0.718. The van der Waals surface area contributed by atoms with Gasteiger partial charge in [0.15, 0.2) is 0 Å². The number of halogens is 2. The molecule has 2 aliphatic rings. The van der Waals surface area contributed by atoms with Crippen LogP contribution in [0.2, 0.25) is 0 Å². The highest BCUT2D eigenvalue weighted by Gasteiger charge is 2.44. The minimum Gasteiger partial charge on any atom is -0.386 e. The second-order valence-corrected chi connectivity index (χ2v) is 5.07. The van der Waals surface area contributed by atoms with Gasteiger partial charge in [0.2, 0.25) is 0 Å². The molecule has 0 amide bonds. The molecule has 0 aromatic heterocycles. The van der Waals surface area contributed by atoms with E-state index in [9.17, 15) is 13.9 Å². The fraction of sp³-hybridized carbons (Fsp3) is 0.833. The van der Waals surface area contributed by atoms with Gasteiger partial charge in [0.25, 0.3) is 5.92 Å². The van der Waals surface area contributed by atoms with Gasteiger partial charge in [-0.15, -0.1) is 0 Å². The molecule has 1 saturated carbocycles. The van der Waals surface area contributed by atoms with Gasteiger partial charge in [0.05, 0.1) is 5.60 Å². The van der Waals surface area contributed by atoms with Crippen LogP contribution in [0.3, 0.4) is 0 Å². The molecular formula is C12H18F2O. The first-order valence-electron chi connectivity index (χ1n) is 5.75. The van der Waals surface area contributed by atoms with Crippen molar-refractivity contribution in [3.63, 3.8) is 0 Å². The lowest BCUT2D eigenvalue weighted by molar-refractivity contribution is -0.0175. The van der Waals surface area contributed by atoms with Crippen molar-refractivity contribution in [3.05, 3.63) is 12.2 Å². The molecule has 86 valence electrons. The summed E-state index contributed by atoms with van der Waals surface area (Å²) in [6.45, 7) is 2.14. The van der Waals surface area contributed by atoms with E-state index in [4.69, 9.17) is 0 Å². The van der Waals surface area contributed by atoms with Gasteiger partial charge in [-0.05, 0) is 37.2 Å². The molecule has 3 heteroatoms. The summed E-state index contributed by atoms with van der Waals surface area (Å²) < 4.78 is 25.7. The Labute approximate surface area is 89.2 Å². The van der Waals surface area contributed by atoms with Gasteiger partial charge in [-0.25, -0.2) is 8.78 Å². The Bertz CT molecular complexity index is 275. The van der Waals surface area contributed by atoms with E-state index in [0.29, 0.717) is 18.3 Å². The van der Waals surface area contributed by atoms with E-state index < -0.39 is 11.5 Å². The molecule has 2 aliphatic carbocycles. The first-order chi connectivity index (χ1) is 6.94. The molecule has 0 radical (unpaired) electrons. The molecule has 0 bridgehead atoms. The fourth-order valence-electron chi connectivity index (χ4n) is 2.51. The lowest BCUT2D eigenvalue weighted by atomic mass is 9.84. The van der Waals surface area contributed by atoms with E-state index in [1.54, 1.807) is 0 Å². The fourth-order valence-corrected chi connectivity index (χ4v) is 2.51. The van der Waals surface area contributed by atoms with Gasteiger partial charge in [-0.2, -0.15) is 0 Å². The molecule has 1 fully saturated rings. The summed E-state index contributed by atoms with van der Waals surface area (Å²) in [5.74, 6) is -1.44. The normalized spacial score (nSPS) is 42.9. The van der Waals surface area contributed by atoms with Crippen molar-refractivity contribution in [1.29, 1.82) is 0 Å². The average molecular weight is 216 g/mol. The predicted octanol–water partition coefficient (Wildman–Crippen LogP) is 3.14. The largest absolute Gasteiger partial charge is 0.386 e. The average Bonchev–Trinajstić information content (AvgIpc) is 2.90. The summed E-state index contributed by atoms with van der Waals surface area (Å²) >= 11 is 0. The van der Waals surface area contributed by atoms with Gasteiger partial charge in [-0.3, -0.25) is 0 Å². The topological polar surface area (TPSA) is 20.2 Å². The van der Waals surface area contributed by atoms with Crippen LogP contribution in [-0.2, 0) is 0 Å². The number of allylic oxidation sites excluding steroid dienone is 1. The number of hydrogen-bond acceptors (Lipinski definition) is 1. The van der Waals surface area contributed by atoms with Crippen LogP contribution in [0.25, 0.3) is 0 Å². The Morgan fingerprint density at radius 3 is 2.47 bits per heavy atom. The zero-order chi connectivity index (χ0) is 11.1. The van der Waals surface area contributed by atoms with Crippen molar-refractivity contribution in [2.24, 2.45) is 11.8 Å². The minimum atomic E-state index is -2.71. The minimum absolute atomic E-state index is 0.198. The van der Waals surface area contributed by atoms with Crippen LogP contribution in [0, 0.1) is 11.8 Å². The monoisotopic (exact) mass is 216 g/mol. The van der Waals surface area contributed by atoms with E-state index in [0.717, 1.165) is 18.9 Å². The van der Waals surface area contributed by atoms with Crippen LogP contribution in [0.1, 0.15) is 39.0 Å². The summed E-state index contributed by atoms with van der Waals surface area (Å²) in [7, 11) is 0. The third-order valence-corrected chi connectivity index (χ3v) is 3.74. The van der Waals surface area contributed by atoms with Crippen molar-refractivity contribution >= 4 is 0 Å². The molecule has 0 aliphatic heterocycles. The van der Waals surface area contributed by atoms with Crippen LogP contribution < -0.4 is 0 Å². The Hall–Kier alpha value is -0.440. The van der Waals surface area contributed by atoms with Crippen LogP contribution in [0.4, 0.5) is 8.78 Å². The second kappa shape index (κ2) is 3.55. The van der Waals surface area contributed by atoms with E-state index in [-0.39, 0.29) is 12.8 Å². The maximum absolute atomic E-state index is 12.8. The lowest BCUT2D eigenvalue weighted by Gasteiger charge is -2.31. The van der Waals surface area contributed by atoms with Crippen LogP contribution in [0.5, 0.6) is 0 Å². The van der Waals surface area contributed by atoms with Crippen molar-refractivity contribution in [1.82, 2.24) is 0 Å². The van der Waals surface area contributed by atoms with E-state index in [2.05, 4.69) is 6.92 Å². The summed E-state index contributed by atoms with van der Waals surface area (Å²) in [4.78, 5) is 0. The van der Waals surface area contributed by atoms with Gasteiger partial charge < -0.3 is 5.11 Å². The van der Waals surface area contributed by atoms with Crippen molar-refractivity contribution in [2.75, 3.05) is 0 Å². The van der Waals surface area contributed by atoms with Gasteiger partial charge in [0.1, 0.15) is 0 Å². The Balaban J connectivity index is 1.92. The number of aliphatic hydroxyl groups is 1. The third-order valence-electron chi connectivity index (χ3n) is 3.74. The molecule has 1 N–H and O–H groups in total. The van der Waals surface area contributed by atoms with E-state index >= 15 is 0 Å². The summed E-state index contributed by atoms with van der Waals surface area (Å²) in [5, 5.41) is 10.1. The number of alkyl halides is 2. The van der Waals surface area contributed by atoms with E-state index in [1.165, 1.54) is 6.08 Å². The summed E-state index contributed by atoms with van der Waals surface area (Å²) in [6.07, 6.45) is 5.13. The SMILES string of the molecule is CC[C@@H]1C[C@H]1CC1(O)C=CC(F)(F)CC1. The summed E-state index contributed by atoms with van der Waals surface area (Å²) in [5.41, 5.74) is -0.962. The molecule has 0 heterocycles. The highest BCUT2D eigenvalue weighted by Crippen LogP contribution is 2.48. The van der Waals surface area contributed by atoms with Crippen LogP contribution in [-0.4, -0.2) is 16.6 Å². The lowest BCUT2D eigenvalue weighted by Crippen LogP contribution is -2.34. The molecular weight excluding hydrogens is 198 g/mol. The molecule has 1 unspecified atom stereocenters. The van der Waals surface area contributed by atoms with Crippen molar-refractivity contribution in [2.45, 2.75) is 50.6 Å². The molecule has 1 nitrogen and oxygen atoms in total. The zero-order valence-corrected chi connectivity index (χ0v) is 9.05. The first-order valence-corrected chi connectivity index (χ1v) is 5.75. The summed E-state index contributed by atoms with van der Waals surface area (Å²) in [6, 6.07) is 0. The predicted molar refractivity (Wildman–Crippen MR) is 54.8 cm³/mol. The second-order valence-electron chi connectivity index (χ2n) is 5.07. The Morgan fingerprint density at radius 2 is 2.00 bits per heavy atom. The third kappa shape index (κ3) is 2.57. The highest BCUT2D eigenvalue weighted by atomic mass is 19.3. The maximum Gasteiger partial charge on any atom is 0.266 e. The molecule has 0 saturated heterocycles. The first kappa shape index (κ1) is 11.1. The molecule has 0 aromatic rings. The van der Waals surface area contributed by atoms with E-state index in [1.807, 2.05) is 0 Å². The highest BCUT2D eigenvalue weighted by molar-refractivity contribution is 5.13. The van der Waals surface area contributed by atoms with Gasteiger partial charge in [0, 0.05) is 6.42 Å². The Morgan fingerprint density at radius 1 is 1.27 bits per heavy atom. The molecule has 3 atom stereocenters. The van der Waals surface area contributed by atoms with Crippen LogP contribution in [0.15, 0.2) is 12.2 Å². The Kier molecular flexibility index (Phi) is 2.61. The van der Waals surface area contributed by atoms with Gasteiger partial charge in [-0.1, -0.05) is 19.4 Å². The molecule has 0 spiro atoms. The van der Waals surface area contributed by atoms with Crippen molar-refractivity contribution < 1.29 is 13.9 Å². The standard InChI is InChI=1S/C12H18F2O/c1-2-9-7-10(9)8-11(15)3-5-12(13,14)6-4-11/h3,5,9-10,15H,2,4,6-8H2,1H3/t9-,10+,11?/m1/s1. The smallest absolute Gasteiger partial charge is 0.266 e. The van der Waals surface area contributed by atoms with Crippen LogP contribution >= 0.6 is 0 Å². The number of hydrogen-bond donors (Lipinski definition) is 1. The maximum atomic E-state index is 12.8. The van der Waals surface area contributed by atoms with Gasteiger partial charge >= 0.3 is 0 Å². The molecule has 0 aromatic carbocycles. The molecule has 2 rings (SSSR count). The zero-order valence-electron chi connectivity index (χ0n) is 9.05. The molecule has 15 heavy (non-hydrogen) atoms. The number of rotatable bonds is 3. The van der Waals surface area contributed by atoms with Crippen molar-refractivity contribution in [3.8, 4) is 0 Å².